The molecule has 0 fully saturated rings. The first-order chi connectivity index (χ1) is 14.5. The first-order valence-electron chi connectivity index (χ1n) is 9.45. The highest BCUT2D eigenvalue weighted by molar-refractivity contribution is 5.99. The molecular weight excluding hydrogens is 381 g/mol. The zero-order chi connectivity index (χ0) is 21.1. The Labute approximate surface area is 173 Å². The van der Waals surface area contributed by atoms with Gasteiger partial charge in [-0.2, -0.15) is 0 Å². The molecule has 3 aromatic carbocycles. The van der Waals surface area contributed by atoms with Crippen LogP contribution in [-0.4, -0.2) is 11.0 Å². The average Bonchev–Trinajstić information content (AvgIpc) is 3.22. The van der Waals surface area contributed by atoms with Crippen molar-refractivity contribution >= 4 is 17.4 Å². The molecule has 0 unspecified atom stereocenters. The minimum absolute atomic E-state index is 0.367. The summed E-state index contributed by atoms with van der Waals surface area (Å²) in [5.74, 6) is 0.129. The van der Waals surface area contributed by atoms with E-state index in [2.05, 4.69) is 15.6 Å². The topological polar surface area (TPSA) is 67.2 Å². The van der Waals surface area contributed by atoms with E-state index in [-0.39, 0.29) is 5.82 Å². The van der Waals surface area contributed by atoms with E-state index in [1.165, 1.54) is 11.6 Å². The summed E-state index contributed by atoms with van der Waals surface area (Å²) in [7, 11) is 0. The largest absolute Gasteiger partial charge is 0.444 e. The molecule has 1 heterocycles. The Morgan fingerprint density at radius 3 is 2.20 bits per heavy atom. The quantitative estimate of drug-likeness (QED) is 0.415. The second-order valence-corrected chi connectivity index (χ2v) is 7.02. The summed E-state index contributed by atoms with van der Waals surface area (Å²) in [6.45, 7) is 3.70. The molecule has 4 rings (SSSR count). The third-order valence-electron chi connectivity index (χ3n) is 4.67. The third-order valence-corrected chi connectivity index (χ3v) is 4.67. The van der Waals surface area contributed by atoms with Gasteiger partial charge in [0.05, 0.1) is 0 Å². The van der Waals surface area contributed by atoms with Crippen LogP contribution in [-0.2, 0) is 0 Å². The van der Waals surface area contributed by atoms with Crippen molar-refractivity contribution in [2.24, 2.45) is 0 Å². The second kappa shape index (κ2) is 8.21. The lowest BCUT2D eigenvalue weighted by Gasteiger charge is -2.08. The number of carbonyl (C=O) groups is 1. The Balaban J connectivity index is 1.42. The number of halogens is 1. The van der Waals surface area contributed by atoms with Gasteiger partial charge in [-0.3, -0.25) is 0 Å². The summed E-state index contributed by atoms with van der Waals surface area (Å²) in [6.07, 6.45) is 1.63. The number of rotatable bonds is 4. The van der Waals surface area contributed by atoms with Gasteiger partial charge in [0.25, 0.3) is 0 Å². The number of carbonyl (C=O) groups excluding carboxylic acids is 1. The molecular formula is C24H20FN3O2. The average molecular weight is 401 g/mol. The van der Waals surface area contributed by atoms with Gasteiger partial charge in [-0.15, -0.1) is 0 Å². The van der Waals surface area contributed by atoms with Crippen molar-refractivity contribution in [1.29, 1.82) is 0 Å². The van der Waals surface area contributed by atoms with Crippen molar-refractivity contribution in [3.05, 3.63) is 89.9 Å². The number of amides is 2. The van der Waals surface area contributed by atoms with Gasteiger partial charge in [-0.1, -0.05) is 35.9 Å². The number of oxazole rings is 1. The SMILES string of the molecule is Cc1ccc(-c2coc(-c3ccc(NC(=O)Nc4ccc(C)c(F)c4)cc3)n2)cc1. The summed E-state index contributed by atoms with van der Waals surface area (Å²) in [5, 5.41) is 5.33. The summed E-state index contributed by atoms with van der Waals surface area (Å²) in [4.78, 5) is 16.7. The molecule has 0 radical (unpaired) electrons. The van der Waals surface area contributed by atoms with Crippen LogP contribution in [0.1, 0.15) is 11.1 Å². The van der Waals surface area contributed by atoms with Crippen LogP contribution in [0.2, 0.25) is 0 Å². The van der Waals surface area contributed by atoms with Crippen LogP contribution in [0, 0.1) is 19.7 Å². The molecule has 0 saturated heterocycles. The lowest BCUT2D eigenvalue weighted by atomic mass is 10.1. The van der Waals surface area contributed by atoms with Crippen molar-refractivity contribution in [3.8, 4) is 22.7 Å². The maximum atomic E-state index is 13.6. The molecule has 2 N–H and O–H groups in total. The Morgan fingerprint density at radius 2 is 1.50 bits per heavy atom. The van der Waals surface area contributed by atoms with Gasteiger partial charge in [0.1, 0.15) is 17.8 Å². The first kappa shape index (κ1) is 19.4. The molecule has 0 aliphatic carbocycles. The number of benzene rings is 3. The minimum Gasteiger partial charge on any atom is -0.444 e. The molecule has 30 heavy (non-hydrogen) atoms. The van der Waals surface area contributed by atoms with E-state index in [1.54, 1.807) is 37.5 Å². The fourth-order valence-electron chi connectivity index (χ4n) is 2.92. The molecule has 6 heteroatoms. The number of urea groups is 1. The van der Waals surface area contributed by atoms with Crippen LogP contribution >= 0.6 is 0 Å². The number of nitrogens with zero attached hydrogens (tertiary/aromatic N) is 1. The van der Waals surface area contributed by atoms with E-state index in [0.29, 0.717) is 22.8 Å². The maximum Gasteiger partial charge on any atom is 0.323 e. The molecule has 0 aliphatic heterocycles. The Morgan fingerprint density at radius 1 is 0.867 bits per heavy atom. The minimum atomic E-state index is -0.455. The van der Waals surface area contributed by atoms with E-state index in [4.69, 9.17) is 4.42 Å². The highest BCUT2D eigenvalue weighted by Crippen LogP contribution is 2.26. The van der Waals surface area contributed by atoms with Crippen LogP contribution in [0.4, 0.5) is 20.6 Å². The van der Waals surface area contributed by atoms with Gasteiger partial charge < -0.3 is 15.1 Å². The van der Waals surface area contributed by atoms with E-state index in [9.17, 15) is 9.18 Å². The van der Waals surface area contributed by atoms with Gasteiger partial charge in [0.2, 0.25) is 5.89 Å². The summed E-state index contributed by atoms with van der Waals surface area (Å²) in [6, 6.07) is 19.3. The van der Waals surface area contributed by atoms with Gasteiger partial charge in [0.15, 0.2) is 0 Å². The Bertz CT molecular complexity index is 1180. The molecule has 1 aromatic heterocycles. The predicted molar refractivity (Wildman–Crippen MR) is 116 cm³/mol. The number of hydrogen-bond donors (Lipinski definition) is 2. The second-order valence-electron chi connectivity index (χ2n) is 7.02. The number of hydrogen-bond acceptors (Lipinski definition) is 3. The van der Waals surface area contributed by atoms with Crippen LogP contribution < -0.4 is 10.6 Å². The molecule has 0 saturated carbocycles. The molecule has 0 bridgehead atoms. The summed E-state index contributed by atoms with van der Waals surface area (Å²) in [5.41, 5.74) is 5.22. The molecule has 150 valence electrons. The smallest absolute Gasteiger partial charge is 0.323 e. The number of anilines is 2. The van der Waals surface area contributed by atoms with Gasteiger partial charge in [-0.25, -0.2) is 14.2 Å². The number of aromatic nitrogens is 1. The third kappa shape index (κ3) is 4.38. The monoisotopic (exact) mass is 401 g/mol. The van der Waals surface area contributed by atoms with Crippen LogP contribution in [0.3, 0.4) is 0 Å². The van der Waals surface area contributed by atoms with E-state index in [0.717, 1.165) is 16.8 Å². The van der Waals surface area contributed by atoms with Crippen molar-refractivity contribution in [2.45, 2.75) is 13.8 Å². The van der Waals surface area contributed by atoms with Crippen molar-refractivity contribution in [3.63, 3.8) is 0 Å². The molecule has 2 amide bonds. The Kier molecular flexibility index (Phi) is 5.30. The zero-order valence-electron chi connectivity index (χ0n) is 16.6. The fraction of sp³-hybridized carbons (Fsp3) is 0.0833. The normalized spacial score (nSPS) is 10.6. The summed E-state index contributed by atoms with van der Waals surface area (Å²) < 4.78 is 19.2. The van der Waals surface area contributed by atoms with Crippen molar-refractivity contribution in [1.82, 2.24) is 4.98 Å². The molecule has 5 nitrogen and oxygen atoms in total. The number of aryl methyl sites for hydroxylation is 2. The van der Waals surface area contributed by atoms with Gasteiger partial charge in [0, 0.05) is 22.5 Å². The lowest BCUT2D eigenvalue weighted by molar-refractivity contribution is 0.262. The van der Waals surface area contributed by atoms with Crippen molar-refractivity contribution < 1.29 is 13.6 Å². The van der Waals surface area contributed by atoms with Gasteiger partial charge >= 0.3 is 6.03 Å². The van der Waals surface area contributed by atoms with Gasteiger partial charge in [-0.05, 0) is 55.8 Å². The van der Waals surface area contributed by atoms with Crippen LogP contribution in [0.15, 0.2) is 77.4 Å². The Hall–Kier alpha value is -3.93. The molecule has 0 aliphatic rings. The lowest BCUT2D eigenvalue weighted by Crippen LogP contribution is -2.19. The first-order valence-corrected chi connectivity index (χ1v) is 9.45. The van der Waals surface area contributed by atoms with E-state index in [1.807, 2.05) is 43.3 Å². The van der Waals surface area contributed by atoms with E-state index >= 15 is 0 Å². The molecule has 0 atom stereocenters. The number of nitrogens with one attached hydrogen (secondary N) is 2. The van der Waals surface area contributed by atoms with Crippen LogP contribution in [0.25, 0.3) is 22.7 Å². The summed E-state index contributed by atoms with van der Waals surface area (Å²) >= 11 is 0. The fourth-order valence-corrected chi connectivity index (χ4v) is 2.92. The molecule has 4 aromatic rings. The van der Waals surface area contributed by atoms with Crippen LogP contribution in [0.5, 0.6) is 0 Å². The van der Waals surface area contributed by atoms with Crippen molar-refractivity contribution in [2.75, 3.05) is 10.6 Å². The highest BCUT2D eigenvalue weighted by Gasteiger charge is 2.10. The predicted octanol–water partition coefficient (Wildman–Crippen LogP) is 6.41. The maximum absolute atomic E-state index is 13.6. The zero-order valence-corrected chi connectivity index (χ0v) is 16.6. The molecule has 0 spiro atoms. The standard InChI is InChI=1S/C24H20FN3O2/c1-15-3-6-17(7-4-15)22-14-30-23(28-22)18-8-11-19(12-9-18)26-24(29)27-20-10-5-16(2)21(25)13-20/h3-14H,1-2H3,(H2,26,27,29). The highest BCUT2D eigenvalue weighted by atomic mass is 19.1. The van der Waals surface area contributed by atoms with E-state index < -0.39 is 6.03 Å².